The van der Waals surface area contributed by atoms with Crippen LogP contribution >= 0.6 is 12.4 Å². The summed E-state index contributed by atoms with van der Waals surface area (Å²) in [7, 11) is 0. The smallest absolute Gasteiger partial charge is 0.127 e. The Kier molecular flexibility index (Phi) is 4.56. The maximum absolute atomic E-state index is 13.3. The minimum atomic E-state index is -0.199. The number of nitrogens with two attached hydrogens (primary N) is 1. The Bertz CT molecular complexity index is 305. The van der Waals surface area contributed by atoms with E-state index in [1.165, 1.54) is 0 Å². The molecule has 0 saturated heterocycles. The van der Waals surface area contributed by atoms with Crippen molar-refractivity contribution in [1.29, 1.82) is 0 Å². The molecule has 0 aromatic heterocycles. The van der Waals surface area contributed by atoms with E-state index in [9.17, 15) is 4.39 Å². The predicted molar refractivity (Wildman–Crippen MR) is 60.2 cm³/mol. The van der Waals surface area contributed by atoms with Crippen LogP contribution in [-0.4, -0.2) is 0 Å². The van der Waals surface area contributed by atoms with Crippen LogP contribution in [0, 0.1) is 5.82 Å². The van der Waals surface area contributed by atoms with Crippen LogP contribution in [-0.2, 0) is 12.0 Å². The lowest BCUT2D eigenvalue weighted by Gasteiger charge is -2.19. The summed E-state index contributed by atoms with van der Waals surface area (Å²) in [6.07, 6.45) is 0. The summed E-state index contributed by atoms with van der Waals surface area (Å²) in [4.78, 5) is 0. The van der Waals surface area contributed by atoms with Gasteiger partial charge < -0.3 is 5.73 Å². The quantitative estimate of drug-likeness (QED) is 0.769. The zero-order valence-electron chi connectivity index (χ0n) is 8.80. The second-order valence-electron chi connectivity index (χ2n) is 4.26. The lowest BCUT2D eigenvalue weighted by atomic mass is 9.86. The molecule has 80 valence electrons. The molecule has 0 aliphatic rings. The van der Waals surface area contributed by atoms with Crippen molar-refractivity contribution in [3.63, 3.8) is 0 Å². The zero-order chi connectivity index (χ0) is 10.1. The molecule has 0 amide bonds. The van der Waals surface area contributed by atoms with Crippen molar-refractivity contribution >= 4 is 12.4 Å². The highest BCUT2D eigenvalue weighted by Gasteiger charge is 2.14. The summed E-state index contributed by atoms with van der Waals surface area (Å²) in [6, 6.07) is 5.27. The van der Waals surface area contributed by atoms with E-state index < -0.39 is 0 Å². The van der Waals surface area contributed by atoms with E-state index in [2.05, 4.69) is 20.8 Å². The van der Waals surface area contributed by atoms with Gasteiger partial charge in [0.2, 0.25) is 0 Å². The largest absolute Gasteiger partial charge is 0.326 e. The number of benzene rings is 1. The fraction of sp³-hybridized carbons (Fsp3) is 0.455. The number of rotatable bonds is 1. The summed E-state index contributed by atoms with van der Waals surface area (Å²) >= 11 is 0. The van der Waals surface area contributed by atoms with Crippen molar-refractivity contribution in [3.05, 3.63) is 35.1 Å². The first-order valence-corrected chi connectivity index (χ1v) is 4.44. The molecule has 0 atom stereocenters. The molecule has 14 heavy (non-hydrogen) atoms. The topological polar surface area (TPSA) is 26.0 Å². The van der Waals surface area contributed by atoms with E-state index in [4.69, 9.17) is 5.73 Å². The van der Waals surface area contributed by atoms with Gasteiger partial charge in [0.15, 0.2) is 0 Å². The molecule has 3 heteroatoms. The highest BCUT2D eigenvalue weighted by atomic mass is 35.5. The molecule has 0 spiro atoms. The lowest BCUT2D eigenvalue weighted by molar-refractivity contribution is 0.566. The average molecular weight is 218 g/mol. The minimum absolute atomic E-state index is 0. The van der Waals surface area contributed by atoms with Crippen molar-refractivity contribution in [3.8, 4) is 0 Å². The van der Waals surface area contributed by atoms with Gasteiger partial charge in [-0.15, -0.1) is 12.4 Å². The first-order valence-electron chi connectivity index (χ1n) is 4.44. The van der Waals surface area contributed by atoms with Crippen molar-refractivity contribution < 1.29 is 4.39 Å². The Hall–Kier alpha value is -0.600. The molecule has 0 fully saturated rings. The normalized spacial score (nSPS) is 10.9. The van der Waals surface area contributed by atoms with Crippen LogP contribution in [0.2, 0.25) is 0 Å². The van der Waals surface area contributed by atoms with Gasteiger partial charge in [0.05, 0.1) is 0 Å². The Balaban J connectivity index is 0.00000169. The van der Waals surface area contributed by atoms with Crippen molar-refractivity contribution in [2.45, 2.75) is 32.7 Å². The minimum Gasteiger partial charge on any atom is -0.326 e. The number of halogens is 2. The van der Waals surface area contributed by atoms with Crippen molar-refractivity contribution in [1.82, 2.24) is 0 Å². The second-order valence-corrected chi connectivity index (χ2v) is 4.26. The molecule has 0 saturated carbocycles. The monoisotopic (exact) mass is 217 g/mol. The molecule has 2 N–H and O–H groups in total. The van der Waals surface area contributed by atoms with E-state index in [0.29, 0.717) is 5.56 Å². The highest BCUT2D eigenvalue weighted by Crippen LogP contribution is 2.23. The molecule has 1 aromatic carbocycles. The Morgan fingerprint density at radius 1 is 1.29 bits per heavy atom. The zero-order valence-corrected chi connectivity index (χ0v) is 9.62. The number of hydrogen-bond donors (Lipinski definition) is 1. The molecular formula is C11H17ClFN. The second kappa shape index (κ2) is 4.76. The van der Waals surface area contributed by atoms with E-state index in [-0.39, 0.29) is 30.2 Å². The summed E-state index contributed by atoms with van der Waals surface area (Å²) in [6.45, 7) is 6.44. The fourth-order valence-corrected chi connectivity index (χ4v) is 1.18. The van der Waals surface area contributed by atoms with Crippen LogP contribution in [0.4, 0.5) is 4.39 Å². The van der Waals surface area contributed by atoms with Gasteiger partial charge in [0.1, 0.15) is 5.82 Å². The summed E-state index contributed by atoms with van der Waals surface area (Å²) in [5.74, 6) is -0.199. The van der Waals surface area contributed by atoms with E-state index in [0.717, 1.165) is 5.56 Å². The molecular weight excluding hydrogens is 201 g/mol. The van der Waals surface area contributed by atoms with Crippen molar-refractivity contribution in [2.24, 2.45) is 5.73 Å². The van der Waals surface area contributed by atoms with Crippen LogP contribution in [0.15, 0.2) is 18.2 Å². The van der Waals surface area contributed by atoms with Gasteiger partial charge in [0.25, 0.3) is 0 Å². The third-order valence-electron chi connectivity index (χ3n) is 2.14. The first kappa shape index (κ1) is 13.4. The Morgan fingerprint density at radius 2 is 1.86 bits per heavy atom. The van der Waals surface area contributed by atoms with Gasteiger partial charge in [-0.3, -0.25) is 0 Å². The molecule has 0 heterocycles. The van der Waals surface area contributed by atoms with Gasteiger partial charge in [-0.1, -0.05) is 32.9 Å². The van der Waals surface area contributed by atoms with Gasteiger partial charge in [-0.05, 0) is 17.0 Å². The maximum atomic E-state index is 13.3. The van der Waals surface area contributed by atoms with Gasteiger partial charge >= 0.3 is 0 Å². The van der Waals surface area contributed by atoms with Gasteiger partial charge in [0, 0.05) is 12.1 Å². The summed E-state index contributed by atoms with van der Waals surface area (Å²) in [5, 5.41) is 0. The van der Waals surface area contributed by atoms with Gasteiger partial charge in [-0.2, -0.15) is 0 Å². The molecule has 0 radical (unpaired) electrons. The molecule has 1 rings (SSSR count). The van der Waals surface area contributed by atoms with E-state index in [1.807, 2.05) is 6.07 Å². The molecule has 0 bridgehead atoms. The summed E-state index contributed by atoms with van der Waals surface area (Å²) < 4.78 is 13.3. The molecule has 0 aliphatic heterocycles. The third-order valence-corrected chi connectivity index (χ3v) is 2.14. The van der Waals surface area contributed by atoms with Crippen molar-refractivity contribution in [2.75, 3.05) is 0 Å². The Labute approximate surface area is 90.9 Å². The number of hydrogen-bond acceptors (Lipinski definition) is 1. The van der Waals surface area contributed by atoms with E-state index in [1.54, 1.807) is 12.1 Å². The molecule has 0 aliphatic carbocycles. The van der Waals surface area contributed by atoms with Crippen LogP contribution in [0.25, 0.3) is 0 Å². The molecule has 0 unspecified atom stereocenters. The van der Waals surface area contributed by atoms with Crippen LogP contribution in [0.3, 0.4) is 0 Å². The van der Waals surface area contributed by atoms with Crippen LogP contribution in [0.5, 0.6) is 0 Å². The van der Waals surface area contributed by atoms with E-state index >= 15 is 0 Å². The summed E-state index contributed by atoms with van der Waals surface area (Å²) in [5.41, 5.74) is 6.94. The van der Waals surface area contributed by atoms with Crippen LogP contribution < -0.4 is 5.73 Å². The average Bonchev–Trinajstić information content (AvgIpc) is 2.02. The molecule has 1 aromatic rings. The van der Waals surface area contributed by atoms with Crippen LogP contribution in [0.1, 0.15) is 31.9 Å². The third kappa shape index (κ3) is 2.96. The lowest BCUT2D eigenvalue weighted by Crippen LogP contribution is -2.12. The first-order chi connectivity index (χ1) is 5.95. The molecule has 1 nitrogen and oxygen atoms in total. The predicted octanol–water partition coefficient (Wildman–Crippen LogP) is 3.00. The highest BCUT2D eigenvalue weighted by molar-refractivity contribution is 5.85. The van der Waals surface area contributed by atoms with Gasteiger partial charge in [-0.25, -0.2) is 4.39 Å². The maximum Gasteiger partial charge on any atom is 0.127 e. The standard InChI is InChI=1S/C11H16FN.ClH/c1-11(2,3)9-5-4-8(7-13)10(12)6-9;/h4-6H,7,13H2,1-3H3;1H. The Morgan fingerprint density at radius 3 is 2.21 bits per heavy atom. The SMILES string of the molecule is CC(C)(C)c1ccc(CN)c(F)c1.Cl. The fourth-order valence-electron chi connectivity index (χ4n) is 1.18.